The molecule has 88 valence electrons. The predicted octanol–water partition coefficient (Wildman–Crippen LogP) is 3.54. The van der Waals surface area contributed by atoms with Gasteiger partial charge in [0.2, 0.25) is 5.75 Å². The number of nitro groups is 1. The fourth-order valence-electron chi connectivity index (χ4n) is 1.73. The average Bonchev–Trinajstić information content (AvgIpc) is 2.35. The number of ether oxygens (including phenoxy) is 1. The van der Waals surface area contributed by atoms with Crippen molar-refractivity contribution < 1.29 is 9.66 Å². The number of nitro benzene ring substituents is 1. The molecule has 0 saturated heterocycles. The molecule has 0 amide bonds. The van der Waals surface area contributed by atoms with Gasteiger partial charge in [0.25, 0.3) is 0 Å². The van der Waals surface area contributed by atoms with Crippen LogP contribution in [0.1, 0.15) is 13.3 Å². The first-order valence-corrected chi connectivity index (χ1v) is 5.53. The number of hydrogen-bond donors (Lipinski definition) is 0. The number of fused-ring (bicyclic) bond motifs is 1. The standard InChI is InChI=1S/C13H13NO3/c1-2-9-17-13-11-6-4-3-5-10(11)7-8-12(13)14(15)16/h3-8H,2,9H2,1H3. The summed E-state index contributed by atoms with van der Waals surface area (Å²) in [6.45, 7) is 2.45. The SMILES string of the molecule is CCCOc1c([N+](=O)[O-])ccc2ccccc12. The summed E-state index contributed by atoms with van der Waals surface area (Å²) in [4.78, 5) is 10.5. The normalized spacial score (nSPS) is 10.4. The molecule has 0 radical (unpaired) electrons. The van der Waals surface area contributed by atoms with Gasteiger partial charge in [-0.25, -0.2) is 0 Å². The van der Waals surface area contributed by atoms with Crippen LogP contribution in [-0.4, -0.2) is 11.5 Å². The van der Waals surface area contributed by atoms with Gasteiger partial charge in [0.15, 0.2) is 0 Å². The van der Waals surface area contributed by atoms with E-state index in [1.165, 1.54) is 6.07 Å². The van der Waals surface area contributed by atoms with Crippen molar-refractivity contribution in [2.24, 2.45) is 0 Å². The second-order valence-corrected chi connectivity index (χ2v) is 3.74. The van der Waals surface area contributed by atoms with Crippen LogP contribution in [-0.2, 0) is 0 Å². The summed E-state index contributed by atoms with van der Waals surface area (Å²) >= 11 is 0. The van der Waals surface area contributed by atoms with E-state index in [-0.39, 0.29) is 5.69 Å². The summed E-state index contributed by atoms with van der Waals surface area (Å²) in [6.07, 6.45) is 0.820. The molecule has 0 unspecified atom stereocenters. The molecule has 0 N–H and O–H groups in total. The molecule has 2 aromatic rings. The molecule has 0 bridgehead atoms. The van der Waals surface area contributed by atoms with Crippen molar-refractivity contribution >= 4 is 16.5 Å². The molecule has 0 aliphatic heterocycles. The highest BCUT2D eigenvalue weighted by Gasteiger charge is 2.17. The quantitative estimate of drug-likeness (QED) is 0.597. The maximum Gasteiger partial charge on any atom is 0.311 e. The Hall–Kier alpha value is -2.10. The van der Waals surface area contributed by atoms with Gasteiger partial charge in [-0.15, -0.1) is 0 Å². The molecule has 0 aliphatic rings. The molecule has 0 atom stereocenters. The van der Waals surface area contributed by atoms with E-state index in [0.717, 1.165) is 17.2 Å². The van der Waals surface area contributed by atoms with Gasteiger partial charge < -0.3 is 4.74 Å². The summed E-state index contributed by atoms with van der Waals surface area (Å²) in [6, 6.07) is 10.7. The lowest BCUT2D eigenvalue weighted by Gasteiger charge is -2.08. The van der Waals surface area contributed by atoms with Crippen molar-refractivity contribution in [3.8, 4) is 5.75 Å². The van der Waals surface area contributed by atoms with Crippen LogP contribution in [0.25, 0.3) is 10.8 Å². The Morgan fingerprint density at radius 3 is 2.71 bits per heavy atom. The Morgan fingerprint density at radius 1 is 1.24 bits per heavy atom. The molecule has 4 heteroatoms. The molecule has 0 aromatic heterocycles. The van der Waals surface area contributed by atoms with E-state index in [1.54, 1.807) is 6.07 Å². The molecule has 0 saturated carbocycles. The Bertz CT molecular complexity index is 551. The number of benzene rings is 2. The van der Waals surface area contributed by atoms with Crippen LogP contribution in [0.5, 0.6) is 5.75 Å². The zero-order chi connectivity index (χ0) is 12.3. The Morgan fingerprint density at radius 2 is 2.00 bits per heavy atom. The highest BCUT2D eigenvalue weighted by Crippen LogP contribution is 2.35. The van der Waals surface area contributed by atoms with Gasteiger partial charge in [-0.2, -0.15) is 0 Å². The summed E-state index contributed by atoms with van der Waals surface area (Å²) in [5, 5.41) is 12.7. The molecule has 0 heterocycles. The van der Waals surface area contributed by atoms with Crippen molar-refractivity contribution in [2.45, 2.75) is 13.3 Å². The van der Waals surface area contributed by atoms with Gasteiger partial charge in [0, 0.05) is 11.5 Å². The Balaban J connectivity index is 2.61. The van der Waals surface area contributed by atoms with E-state index in [2.05, 4.69) is 0 Å². The van der Waals surface area contributed by atoms with Crippen molar-refractivity contribution in [1.29, 1.82) is 0 Å². The average molecular weight is 231 g/mol. The van der Waals surface area contributed by atoms with Crippen molar-refractivity contribution in [2.75, 3.05) is 6.61 Å². The van der Waals surface area contributed by atoms with Crippen LogP contribution in [0.4, 0.5) is 5.69 Å². The lowest BCUT2D eigenvalue weighted by molar-refractivity contribution is -0.385. The van der Waals surface area contributed by atoms with Gasteiger partial charge >= 0.3 is 5.69 Å². The summed E-state index contributed by atoms with van der Waals surface area (Å²) in [7, 11) is 0. The van der Waals surface area contributed by atoms with Crippen LogP contribution in [0.15, 0.2) is 36.4 Å². The first kappa shape index (κ1) is 11.4. The van der Waals surface area contributed by atoms with Crippen LogP contribution >= 0.6 is 0 Å². The monoisotopic (exact) mass is 231 g/mol. The summed E-state index contributed by atoms with van der Waals surface area (Å²) in [5.41, 5.74) is 0.0251. The summed E-state index contributed by atoms with van der Waals surface area (Å²) < 4.78 is 5.52. The van der Waals surface area contributed by atoms with Crippen LogP contribution in [0, 0.1) is 10.1 Å². The topological polar surface area (TPSA) is 52.4 Å². The number of nitrogens with zero attached hydrogens (tertiary/aromatic N) is 1. The van der Waals surface area contributed by atoms with E-state index < -0.39 is 4.92 Å². The van der Waals surface area contributed by atoms with Gasteiger partial charge in [0.1, 0.15) is 0 Å². The lowest BCUT2D eigenvalue weighted by Crippen LogP contribution is -2.00. The first-order valence-electron chi connectivity index (χ1n) is 5.53. The third-order valence-electron chi connectivity index (χ3n) is 2.51. The zero-order valence-electron chi connectivity index (χ0n) is 9.55. The van der Waals surface area contributed by atoms with Gasteiger partial charge in [-0.3, -0.25) is 10.1 Å². The highest BCUT2D eigenvalue weighted by atomic mass is 16.6. The molecule has 4 nitrogen and oxygen atoms in total. The van der Waals surface area contributed by atoms with Crippen molar-refractivity contribution in [3.63, 3.8) is 0 Å². The fourth-order valence-corrected chi connectivity index (χ4v) is 1.73. The Kier molecular flexibility index (Phi) is 3.23. The maximum absolute atomic E-state index is 11.0. The molecular formula is C13H13NO3. The second-order valence-electron chi connectivity index (χ2n) is 3.74. The molecule has 17 heavy (non-hydrogen) atoms. The van der Waals surface area contributed by atoms with Gasteiger partial charge in [0.05, 0.1) is 11.5 Å². The Labute approximate surface area is 99.0 Å². The largest absolute Gasteiger partial charge is 0.486 e. The van der Waals surface area contributed by atoms with E-state index in [0.29, 0.717) is 12.4 Å². The van der Waals surface area contributed by atoms with Crippen molar-refractivity contribution in [1.82, 2.24) is 0 Å². The van der Waals surface area contributed by atoms with E-state index in [9.17, 15) is 10.1 Å². The fraction of sp³-hybridized carbons (Fsp3) is 0.231. The van der Waals surface area contributed by atoms with Gasteiger partial charge in [-0.1, -0.05) is 31.2 Å². The second kappa shape index (κ2) is 4.82. The smallest absolute Gasteiger partial charge is 0.311 e. The molecular weight excluding hydrogens is 218 g/mol. The van der Waals surface area contributed by atoms with Gasteiger partial charge in [-0.05, 0) is 17.9 Å². The highest BCUT2D eigenvalue weighted by molar-refractivity contribution is 5.91. The van der Waals surface area contributed by atoms with Crippen molar-refractivity contribution in [3.05, 3.63) is 46.5 Å². The third kappa shape index (κ3) is 2.20. The molecule has 0 aliphatic carbocycles. The first-order chi connectivity index (χ1) is 8.24. The minimum Gasteiger partial charge on any atom is -0.486 e. The minimum atomic E-state index is -0.405. The van der Waals surface area contributed by atoms with E-state index >= 15 is 0 Å². The van der Waals surface area contributed by atoms with Crippen LogP contribution < -0.4 is 4.74 Å². The maximum atomic E-state index is 11.0. The number of hydrogen-bond acceptors (Lipinski definition) is 3. The minimum absolute atomic E-state index is 0.0251. The van der Waals surface area contributed by atoms with E-state index in [4.69, 9.17) is 4.74 Å². The zero-order valence-corrected chi connectivity index (χ0v) is 9.55. The third-order valence-corrected chi connectivity index (χ3v) is 2.51. The van der Waals surface area contributed by atoms with Crippen LogP contribution in [0.2, 0.25) is 0 Å². The molecule has 2 rings (SSSR count). The van der Waals surface area contributed by atoms with Crippen LogP contribution in [0.3, 0.4) is 0 Å². The summed E-state index contributed by atoms with van der Waals surface area (Å²) in [5.74, 6) is 0.370. The lowest BCUT2D eigenvalue weighted by atomic mass is 10.1. The number of rotatable bonds is 4. The molecule has 0 fully saturated rings. The molecule has 0 spiro atoms. The van der Waals surface area contributed by atoms with E-state index in [1.807, 2.05) is 31.2 Å². The predicted molar refractivity (Wildman–Crippen MR) is 66.4 cm³/mol. The molecule has 2 aromatic carbocycles.